The molecule has 0 spiro atoms. The summed E-state index contributed by atoms with van der Waals surface area (Å²) < 4.78 is 0. The third-order valence-electron chi connectivity index (χ3n) is 8.32. The summed E-state index contributed by atoms with van der Waals surface area (Å²) in [6.45, 7) is 4.19. The van der Waals surface area contributed by atoms with Gasteiger partial charge in [0, 0.05) is 0 Å². The van der Waals surface area contributed by atoms with Crippen molar-refractivity contribution in [1.82, 2.24) is 5.32 Å². The Hall–Kier alpha value is -0.910. The molecule has 4 N–H and O–H groups in total. The van der Waals surface area contributed by atoms with Crippen molar-refractivity contribution in [2.75, 3.05) is 6.61 Å². The van der Waals surface area contributed by atoms with Gasteiger partial charge in [-0.1, -0.05) is 174 Å². The SMILES string of the molecule is CCCCCCCCCCC/C=C/C(O)C(CO)NC(=O)CC(O)CCCCCCCCCCCCCCCCC. The van der Waals surface area contributed by atoms with Gasteiger partial charge in [-0.2, -0.15) is 0 Å². The molecule has 0 bridgehead atoms. The lowest BCUT2D eigenvalue weighted by Gasteiger charge is -2.21. The first-order chi connectivity index (χ1) is 20.0. The van der Waals surface area contributed by atoms with Crippen LogP contribution in [0.1, 0.15) is 187 Å². The van der Waals surface area contributed by atoms with Crippen LogP contribution in [0.25, 0.3) is 0 Å². The quantitative estimate of drug-likeness (QED) is 0.0471. The topological polar surface area (TPSA) is 89.8 Å². The zero-order valence-corrected chi connectivity index (χ0v) is 27.4. The van der Waals surface area contributed by atoms with Crippen LogP contribution < -0.4 is 5.32 Å². The van der Waals surface area contributed by atoms with E-state index >= 15 is 0 Å². The lowest BCUT2D eigenvalue weighted by Crippen LogP contribution is -2.45. The number of allylic oxidation sites excluding steroid dienone is 1. The van der Waals surface area contributed by atoms with Gasteiger partial charge in [-0.25, -0.2) is 0 Å². The molecule has 0 heterocycles. The average Bonchev–Trinajstić information content (AvgIpc) is 2.96. The predicted octanol–water partition coefficient (Wildman–Crippen LogP) is 9.31. The Bertz CT molecular complexity index is 568. The summed E-state index contributed by atoms with van der Waals surface area (Å²) in [6, 6.07) is -0.736. The number of aliphatic hydroxyl groups excluding tert-OH is 3. The first-order valence-corrected chi connectivity index (χ1v) is 18.0. The van der Waals surface area contributed by atoms with E-state index in [9.17, 15) is 20.1 Å². The largest absolute Gasteiger partial charge is 0.394 e. The van der Waals surface area contributed by atoms with Gasteiger partial charge in [0.1, 0.15) is 0 Å². The van der Waals surface area contributed by atoms with Gasteiger partial charge in [-0.15, -0.1) is 0 Å². The molecule has 0 rings (SSSR count). The summed E-state index contributed by atoms with van der Waals surface area (Å²) in [5, 5.41) is 33.0. The van der Waals surface area contributed by atoms with Crippen LogP contribution in [0.3, 0.4) is 0 Å². The fourth-order valence-electron chi connectivity index (χ4n) is 5.51. The van der Waals surface area contributed by atoms with Crippen LogP contribution >= 0.6 is 0 Å². The number of aliphatic hydroxyl groups is 3. The zero-order chi connectivity index (χ0) is 30.2. The van der Waals surface area contributed by atoms with Gasteiger partial charge in [0.15, 0.2) is 0 Å². The van der Waals surface area contributed by atoms with Gasteiger partial charge in [0.25, 0.3) is 0 Å². The maximum Gasteiger partial charge on any atom is 0.222 e. The highest BCUT2D eigenvalue weighted by Gasteiger charge is 2.20. The summed E-state index contributed by atoms with van der Waals surface area (Å²) in [5.74, 6) is -0.316. The van der Waals surface area contributed by atoms with Crippen LogP contribution in [0.5, 0.6) is 0 Å². The molecule has 0 aliphatic rings. The van der Waals surface area contributed by atoms with E-state index in [4.69, 9.17) is 0 Å². The first-order valence-electron chi connectivity index (χ1n) is 18.0. The normalized spacial score (nSPS) is 14.0. The van der Waals surface area contributed by atoms with Crippen molar-refractivity contribution in [1.29, 1.82) is 0 Å². The molecule has 0 aromatic heterocycles. The summed E-state index contributed by atoms with van der Waals surface area (Å²) in [4.78, 5) is 12.3. The number of carbonyl (C=O) groups is 1. The maximum atomic E-state index is 12.3. The van der Waals surface area contributed by atoms with Crippen LogP contribution in [0.4, 0.5) is 0 Å². The summed E-state index contributed by atoms with van der Waals surface area (Å²) in [5.41, 5.74) is 0. The number of hydrogen-bond donors (Lipinski definition) is 4. The van der Waals surface area contributed by atoms with Crippen molar-refractivity contribution in [3.8, 4) is 0 Å². The molecular weight excluding hydrogens is 510 g/mol. The van der Waals surface area contributed by atoms with Gasteiger partial charge in [0.2, 0.25) is 5.91 Å². The van der Waals surface area contributed by atoms with Crippen LogP contribution in [-0.2, 0) is 4.79 Å². The van der Waals surface area contributed by atoms with E-state index < -0.39 is 18.2 Å². The van der Waals surface area contributed by atoms with E-state index in [-0.39, 0.29) is 18.9 Å². The van der Waals surface area contributed by atoms with Crippen molar-refractivity contribution < 1.29 is 20.1 Å². The summed E-state index contributed by atoms with van der Waals surface area (Å²) in [6.07, 6.45) is 34.7. The van der Waals surface area contributed by atoms with E-state index in [2.05, 4.69) is 19.2 Å². The first kappa shape index (κ1) is 40.1. The highest BCUT2D eigenvalue weighted by Crippen LogP contribution is 2.15. The van der Waals surface area contributed by atoms with Gasteiger partial charge >= 0.3 is 0 Å². The Kier molecular flexibility index (Phi) is 31.3. The smallest absolute Gasteiger partial charge is 0.222 e. The van der Waals surface area contributed by atoms with Gasteiger partial charge in [0.05, 0.1) is 31.3 Å². The molecule has 41 heavy (non-hydrogen) atoms. The molecule has 0 fully saturated rings. The molecule has 3 atom stereocenters. The van der Waals surface area contributed by atoms with Crippen molar-refractivity contribution in [3.63, 3.8) is 0 Å². The number of nitrogens with one attached hydrogen (secondary N) is 1. The molecule has 0 radical (unpaired) electrons. The molecular formula is C36H71NO4. The summed E-state index contributed by atoms with van der Waals surface area (Å²) >= 11 is 0. The van der Waals surface area contributed by atoms with Gasteiger partial charge < -0.3 is 20.6 Å². The Morgan fingerprint density at radius 3 is 1.41 bits per heavy atom. The molecule has 0 aliphatic heterocycles. The maximum absolute atomic E-state index is 12.3. The van der Waals surface area contributed by atoms with Crippen molar-refractivity contribution in [2.45, 2.75) is 205 Å². The molecule has 0 aromatic rings. The van der Waals surface area contributed by atoms with Crippen molar-refractivity contribution >= 4 is 5.91 Å². The number of rotatable bonds is 32. The second-order valence-corrected chi connectivity index (χ2v) is 12.5. The second kappa shape index (κ2) is 32.0. The van der Waals surface area contributed by atoms with E-state index in [1.54, 1.807) is 6.08 Å². The fraction of sp³-hybridized carbons (Fsp3) is 0.917. The van der Waals surface area contributed by atoms with Gasteiger partial charge in [-0.05, 0) is 19.3 Å². The van der Waals surface area contributed by atoms with E-state index in [0.717, 1.165) is 25.7 Å². The average molecular weight is 582 g/mol. The lowest BCUT2D eigenvalue weighted by molar-refractivity contribution is -0.124. The van der Waals surface area contributed by atoms with E-state index in [1.807, 2.05) is 6.08 Å². The third-order valence-corrected chi connectivity index (χ3v) is 8.32. The van der Waals surface area contributed by atoms with E-state index in [0.29, 0.717) is 6.42 Å². The van der Waals surface area contributed by atoms with Crippen LogP contribution in [0.2, 0.25) is 0 Å². The molecule has 244 valence electrons. The Balaban J connectivity index is 3.71. The molecule has 5 heteroatoms. The number of hydrogen-bond acceptors (Lipinski definition) is 4. The third kappa shape index (κ3) is 29.0. The van der Waals surface area contributed by atoms with Crippen LogP contribution in [0, 0.1) is 0 Å². The molecule has 3 unspecified atom stereocenters. The molecule has 5 nitrogen and oxygen atoms in total. The highest BCUT2D eigenvalue weighted by molar-refractivity contribution is 5.76. The zero-order valence-electron chi connectivity index (χ0n) is 27.4. The van der Waals surface area contributed by atoms with Crippen molar-refractivity contribution in [2.24, 2.45) is 0 Å². The van der Waals surface area contributed by atoms with Crippen molar-refractivity contribution in [3.05, 3.63) is 12.2 Å². The highest BCUT2D eigenvalue weighted by atomic mass is 16.3. The molecule has 1 amide bonds. The Morgan fingerprint density at radius 1 is 0.610 bits per heavy atom. The summed E-state index contributed by atoms with van der Waals surface area (Å²) in [7, 11) is 0. The minimum absolute atomic E-state index is 0.0178. The Labute approximate surface area is 255 Å². The van der Waals surface area contributed by atoms with Crippen LogP contribution in [-0.4, -0.2) is 46.1 Å². The predicted molar refractivity (Wildman–Crippen MR) is 176 cm³/mol. The molecule has 0 aliphatic carbocycles. The minimum atomic E-state index is -0.921. The van der Waals surface area contributed by atoms with Gasteiger partial charge in [-0.3, -0.25) is 4.79 Å². The monoisotopic (exact) mass is 582 g/mol. The molecule has 0 saturated carbocycles. The molecule has 0 saturated heterocycles. The molecule has 0 aromatic carbocycles. The number of carbonyl (C=O) groups excluding carboxylic acids is 1. The number of amides is 1. The number of unbranched alkanes of at least 4 members (excludes halogenated alkanes) is 23. The fourth-order valence-corrected chi connectivity index (χ4v) is 5.51. The second-order valence-electron chi connectivity index (χ2n) is 12.5. The Morgan fingerprint density at radius 2 is 1.00 bits per heavy atom. The standard InChI is InChI=1S/C36H71NO4/c1-3-5-7-9-11-13-15-16-17-18-20-21-23-25-27-29-33(39)31-36(41)37-34(32-38)35(40)30-28-26-24-22-19-14-12-10-8-6-4-2/h28,30,33-35,38-40H,3-27,29,31-32H2,1-2H3,(H,37,41)/b30-28+. The lowest BCUT2D eigenvalue weighted by atomic mass is 10.0. The minimum Gasteiger partial charge on any atom is -0.394 e. The van der Waals surface area contributed by atoms with E-state index in [1.165, 1.54) is 135 Å². The van der Waals surface area contributed by atoms with Crippen LogP contribution in [0.15, 0.2) is 12.2 Å².